The van der Waals surface area contributed by atoms with Crippen LogP contribution in [0.4, 0.5) is 4.39 Å². The highest BCUT2D eigenvalue weighted by Gasteiger charge is 2.31. The fraction of sp³-hybridized carbons (Fsp3) is 0.611. The van der Waals surface area contributed by atoms with Gasteiger partial charge in [0, 0.05) is 18.2 Å². The summed E-state index contributed by atoms with van der Waals surface area (Å²) in [4.78, 5) is 13.5. The lowest BCUT2D eigenvalue weighted by molar-refractivity contribution is -0.144. The number of likely N-dealkylation sites (tertiary alicyclic amines) is 1. The summed E-state index contributed by atoms with van der Waals surface area (Å²) in [5, 5.41) is 9.32. The van der Waals surface area contributed by atoms with E-state index < -0.39 is 5.97 Å². The lowest BCUT2D eigenvalue weighted by Crippen LogP contribution is -2.41. The first-order valence-corrected chi connectivity index (χ1v) is 8.37. The normalized spacial score (nSPS) is 20.2. The smallest absolute Gasteiger partial charge is 0.307 e. The predicted octanol–water partition coefficient (Wildman–Crippen LogP) is 3.86. The molecule has 4 nitrogen and oxygen atoms in total. The minimum absolute atomic E-state index is 0.00255. The highest BCUT2D eigenvalue weighted by atomic mass is 19.1. The molecule has 0 aliphatic carbocycles. The van der Waals surface area contributed by atoms with Crippen LogP contribution in [-0.2, 0) is 4.79 Å². The van der Waals surface area contributed by atoms with Gasteiger partial charge in [-0.25, -0.2) is 4.39 Å². The zero-order chi connectivity index (χ0) is 16.8. The van der Waals surface area contributed by atoms with Crippen molar-refractivity contribution in [3.63, 3.8) is 0 Å². The Morgan fingerprint density at radius 2 is 2.30 bits per heavy atom. The van der Waals surface area contributed by atoms with Gasteiger partial charge in [0.05, 0.1) is 13.0 Å². The third-order valence-electron chi connectivity index (χ3n) is 4.62. The van der Waals surface area contributed by atoms with Crippen molar-refractivity contribution in [2.75, 3.05) is 20.2 Å². The number of methoxy groups -OCH3 is 1. The maximum absolute atomic E-state index is 13.8. The zero-order valence-corrected chi connectivity index (χ0v) is 13.9. The summed E-state index contributed by atoms with van der Waals surface area (Å²) in [5.41, 5.74) is 0.826. The molecule has 0 spiro atoms. The first-order chi connectivity index (χ1) is 11.1. The number of benzene rings is 1. The molecule has 5 heteroatoms. The number of unbranched alkanes of at least 4 members (excludes halogenated alkanes) is 1. The number of carboxylic acids is 1. The van der Waals surface area contributed by atoms with Gasteiger partial charge in [0.2, 0.25) is 0 Å². The van der Waals surface area contributed by atoms with Crippen molar-refractivity contribution in [2.24, 2.45) is 5.92 Å². The monoisotopic (exact) mass is 323 g/mol. The van der Waals surface area contributed by atoms with Crippen LogP contribution in [0.2, 0.25) is 0 Å². The quantitative estimate of drug-likeness (QED) is 0.828. The standard InChI is InChI=1S/C18H26FNO3/c1-3-4-7-16(15-11-14(19)8-9-17(15)23-2)20-10-5-6-13(12-20)18(21)22/h8-9,11,13,16H,3-7,10,12H2,1-2H3,(H,21,22). The molecule has 0 amide bonds. The van der Waals surface area contributed by atoms with Gasteiger partial charge >= 0.3 is 5.97 Å². The molecule has 23 heavy (non-hydrogen) atoms. The second-order valence-corrected chi connectivity index (χ2v) is 6.22. The number of carbonyl (C=O) groups is 1. The molecular weight excluding hydrogens is 297 g/mol. The second-order valence-electron chi connectivity index (χ2n) is 6.22. The van der Waals surface area contributed by atoms with Gasteiger partial charge in [-0.15, -0.1) is 0 Å². The summed E-state index contributed by atoms with van der Waals surface area (Å²) >= 11 is 0. The van der Waals surface area contributed by atoms with Crippen molar-refractivity contribution in [3.8, 4) is 5.75 Å². The molecule has 0 radical (unpaired) electrons. The molecule has 0 bridgehead atoms. The number of rotatable bonds is 7. The Bertz CT molecular complexity index is 535. The molecule has 1 aliphatic rings. The summed E-state index contributed by atoms with van der Waals surface area (Å²) < 4.78 is 19.2. The lowest BCUT2D eigenvalue weighted by Gasteiger charge is -2.38. The Morgan fingerprint density at radius 3 is 2.96 bits per heavy atom. The summed E-state index contributed by atoms with van der Waals surface area (Å²) in [6.45, 7) is 3.48. The molecule has 0 aromatic heterocycles. The molecule has 1 fully saturated rings. The molecule has 1 aromatic carbocycles. The molecule has 1 saturated heterocycles. The summed E-state index contributed by atoms with van der Waals surface area (Å²) in [5.74, 6) is -0.693. The predicted molar refractivity (Wildman–Crippen MR) is 87.2 cm³/mol. The molecule has 2 rings (SSSR count). The van der Waals surface area contributed by atoms with E-state index in [9.17, 15) is 14.3 Å². The number of hydrogen-bond acceptors (Lipinski definition) is 3. The van der Waals surface area contributed by atoms with Crippen LogP contribution in [0, 0.1) is 11.7 Å². The van der Waals surface area contributed by atoms with E-state index in [-0.39, 0.29) is 17.8 Å². The Labute approximate surface area is 137 Å². The van der Waals surface area contributed by atoms with Gasteiger partial charge in [0.1, 0.15) is 11.6 Å². The number of nitrogens with zero attached hydrogens (tertiary/aromatic N) is 1. The van der Waals surface area contributed by atoms with Gasteiger partial charge in [-0.1, -0.05) is 19.8 Å². The fourth-order valence-corrected chi connectivity index (χ4v) is 3.39. The van der Waals surface area contributed by atoms with Crippen LogP contribution >= 0.6 is 0 Å². The molecule has 1 aromatic rings. The second kappa shape index (κ2) is 8.29. The van der Waals surface area contributed by atoms with Crippen LogP contribution in [0.5, 0.6) is 5.75 Å². The van der Waals surface area contributed by atoms with Crippen molar-refractivity contribution in [2.45, 2.75) is 45.1 Å². The number of ether oxygens (including phenoxy) is 1. The van der Waals surface area contributed by atoms with E-state index in [1.165, 1.54) is 12.1 Å². The van der Waals surface area contributed by atoms with Crippen LogP contribution in [0.3, 0.4) is 0 Å². The Balaban J connectivity index is 2.29. The first-order valence-electron chi connectivity index (χ1n) is 8.37. The van der Waals surface area contributed by atoms with Crippen molar-refractivity contribution < 1.29 is 19.0 Å². The SMILES string of the molecule is CCCCC(c1cc(F)ccc1OC)N1CCCC(C(=O)O)C1. The van der Waals surface area contributed by atoms with Gasteiger partial charge in [-0.3, -0.25) is 9.69 Å². The van der Waals surface area contributed by atoms with Gasteiger partial charge in [-0.2, -0.15) is 0 Å². The number of carboxylic acid groups (broad SMARTS) is 1. The van der Waals surface area contributed by atoms with Crippen LogP contribution < -0.4 is 4.74 Å². The van der Waals surface area contributed by atoms with Crippen molar-refractivity contribution in [3.05, 3.63) is 29.6 Å². The van der Waals surface area contributed by atoms with Gasteiger partial charge in [0.25, 0.3) is 0 Å². The molecule has 1 N–H and O–H groups in total. The summed E-state index contributed by atoms with van der Waals surface area (Å²) in [7, 11) is 1.59. The Kier molecular flexibility index (Phi) is 6.39. The summed E-state index contributed by atoms with van der Waals surface area (Å²) in [6, 6.07) is 4.59. The number of aliphatic carboxylic acids is 1. The van der Waals surface area contributed by atoms with Crippen molar-refractivity contribution in [1.82, 2.24) is 4.90 Å². The van der Waals surface area contributed by atoms with E-state index in [0.717, 1.165) is 37.8 Å². The van der Waals surface area contributed by atoms with Crippen LogP contribution in [-0.4, -0.2) is 36.2 Å². The van der Waals surface area contributed by atoms with E-state index in [2.05, 4.69) is 11.8 Å². The average molecular weight is 323 g/mol. The van der Waals surface area contributed by atoms with E-state index in [4.69, 9.17) is 4.74 Å². The Hall–Kier alpha value is -1.62. The highest BCUT2D eigenvalue weighted by molar-refractivity contribution is 5.70. The topological polar surface area (TPSA) is 49.8 Å². The largest absolute Gasteiger partial charge is 0.496 e. The maximum Gasteiger partial charge on any atom is 0.307 e. The van der Waals surface area contributed by atoms with Gasteiger partial charge in [-0.05, 0) is 44.0 Å². The molecular formula is C18H26FNO3. The van der Waals surface area contributed by atoms with Crippen LogP contribution in [0.1, 0.15) is 50.6 Å². The van der Waals surface area contributed by atoms with Crippen molar-refractivity contribution >= 4 is 5.97 Å². The highest BCUT2D eigenvalue weighted by Crippen LogP contribution is 2.36. The Morgan fingerprint density at radius 1 is 1.52 bits per heavy atom. The maximum atomic E-state index is 13.8. The molecule has 2 unspecified atom stereocenters. The van der Waals surface area contributed by atoms with Gasteiger partial charge < -0.3 is 9.84 Å². The summed E-state index contributed by atoms with van der Waals surface area (Å²) in [6.07, 6.45) is 4.51. The number of piperidine rings is 1. The third kappa shape index (κ3) is 4.44. The number of hydrogen-bond donors (Lipinski definition) is 1. The van der Waals surface area contributed by atoms with Crippen molar-refractivity contribution in [1.29, 1.82) is 0 Å². The fourth-order valence-electron chi connectivity index (χ4n) is 3.39. The minimum Gasteiger partial charge on any atom is -0.496 e. The molecule has 1 heterocycles. The third-order valence-corrected chi connectivity index (χ3v) is 4.62. The van der Waals surface area contributed by atoms with E-state index >= 15 is 0 Å². The van der Waals surface area contributed by atoms with Gasteiger partial charge in [0.15, 0.2) is 0 Å². The molecule has 128 valence electrons. The van der Waals surface area contributed by atoms with E-state index in [0.29, 0.717) is 18.7 Å². The van der Waals surface area contributed by atoms with E-state index in [1.54, 1.807) is 13.2 Å². The molecule has 1 aliphatic heterocycles. The molecule has 0 saturated carbocycles. The average Bonchev–Trinajstić information content (AvgIpc) is 2.55. The minimum atomic E-state index is -0.741. The molecule has 2 atom stereocenters. The zero-order valence-electron chi connectivity index (χ0n) is 13.9. The first kappa shape index (κ1) is 17.7. The number of halogens is 1. The lowest BCUT2D eigenvalue weighted by atomic mass is 9.92. The van der Waals surface area contributed by atoms with Crippen LogP contribution in [0.25, 0.3) is 0 Å². The van der Waals surface area contributed by atoms with Crippen LogP contribution in [0.15, 0.2) is 18.2 Å². The van der Waals surface area contributed by atoms with E-state index in [1.807, 2.05) is 0 Å².